The van der Waals surface area contributed by atoms with Gasteiger partial charge in [0.25, 0.3) is 0 Å². The Balaban J connectivity index is 1.59. The van der Waals surface area contributed by atoms with Gasteiger partial charge >= 0.3 is 0 Å². The van der Waals surface area contributed by atoms with E-state index >= 15 is 0 Å². The average molecular weight is 324 g/mol. The first-order valence-corrected chi connectivity index (χ1v) is 8.40. The fraction of sp³-hybridized carbons (Fsp3) is 0.235. The van der Waals surface area contributed by atoms with Crippen LogP contribution in [0.4, 0.5) is 17.2 Å². The summed E-state index contributed by atoms with van der Waals surface area (Å²) < 4.78 is 0. The van der Waals surface area contributed by atoms with Crippen LogP contribution in [0.15, 0.2) is 36.7 Å². The number of hydrogen-bond donors (Lipinski definition) is 2. The molecule has 2 N–H and O–H groups in total. The fourth-order valence-electron chi connectivity index (χ4n) is 2.48. The second-order valence-corrected chi connectivity index (χ2v) is 7.00. The van der Waals surface area contributed by atoms with Gasteiger partial charge in [0.2, 0.25) is 5.91 Å². The second kappa shape index (κ2) is 5.62. The summed E-state index contributed by atoms with van der Waals surface area (Å²) in [6.07, 6.45) is 3.57. The molecule has 0 saturated heterocycles. The summed E-state index contributed by atoms with van der Waals surface area (Å²) >= 11 is 1.65. The number of nitrogens with zero attached hydrogens (tertiary/aromatic N) is 2. The third-order valence-electron chi connectivity index (χ3n) is 3.79. The summed E-state index contributed by atoms with van der Waals surface area (Å²) in [6, 6.07) is 9.78. The third-order valence-corrected chi connectivity index (χ3v) is 4.75. The molecule has 0 atom stereocenters. The van der Waals surface area contributed by atoms with Gasteiger partial charge in [-0.3, -0.25) is 4.79 Å². The van der Waals surface area contributed by atoms with Crippen LogP contribution in [0.25, 0.3) is 10.2 Å². The van der Waals surface area contributed by atoms with E-state index in [0.29, 0.717) is 0 Å². The lowest BCUT2D eigenvalue weighted by atomic mass is 10.2. The van der Waals surface area contributed by atoms with E-state index in [0.717, 1.165) is 40.3 Å². The minimum absolute atomic E-state index is 0.111. The Kier molecular flexibility index (Phi) is 3.46. The van der Waals surface area contributed by atoms with Gasteiger partial charge in [-0.15, -0.1) is 11.3 Å². The largest absolute Gasteiger partial charge is 0.340 e. The van der Waals surface area contributed by atoms with Crippen LogP contribution < -0.4 is 10.6 Å². The summed E-state index contributed by atoms with van der Waals surface area (Å²) in [5.74, 6) is 1.09. The van der Waals surface area contributed by atoms with Gasteiger partial charge < -0.3 is 10.6 Å². The fourth-order valence-corrected chi connectivity index (χ4v) is 3.32. The number of benzene rings is 1. The van der Waals surface area contributed by atoms with Gasteiger partial charge in [0.05, 0.1) is 5.39 Å². The van der Waals surface area contributed by atoms with Crippen LogP contribution in [0.2, 0.25) is 0 Å². The Labute approximate surface area is 137 Å². The van der Waals surface area contributed by atoms with E-state index in [9.17, 15) is 4.79 Å². The van der Waals surface area contributed by atoms with Crippen LogP contribution in [0.5, 0.6) is 0 Å². The average Bonchev–Trinajstić information content (AvgIpc) is 3.30. The Hall–Kier alpha value is -2.47. The maximum Gasteiger partial charge on any atom is 0.227 e. The first-order chi connectivity index (χ1) is 11.2. The highest BCUT2D eigenvalue weighted by atomic mass is 32.1. The molecule has 1 aliphatic rings. The molecule has 0 radical (unpaired) electrons. The Morgan fingerprint density at radius 1 is 1.22 bits per heavy atom. The molecule has 2 heterocycles. The van der Waals surface area contributed by atoms with Crippen molar-refractivity contribution in [3.63, 3.8) is 0 Å². The zero-order valence-corrected chi connectivity index (χ0v) is 13.5. The molecule has 5 nitrogen and oxygen atoms in total. The smallest absolute Gasteiger partial charge is 0.227 e. The molecule has 0 bridgehead atoms. The van der Waals surface area contributed by atoms with Crippen molar-refractivity contribution in [2.45, 2.75) is 19.8 Å². The molecule has 1 saturated carbocycles. The van der Waals surface area contributed by atoms with Gasteiger partial charge in [0.1, 0.15) is 17.0 Å². The van der Waals surface area contributed by atoms with Crippen LogP contribution in [0.3, 0.4) is 0 Å². The Morgan fingerprint density at radius 2 is 2.04 bits per heavy atom. The van der Waals surface area contributed by atoms with Crippen LogP contribution in [0.1, 0.15) is 17.7 Å². The molecule has 6 heteroatoms. The van der Waals surface area contributed by atoms with E-state index in [1.54, 1.807) is 17.7 Å². The normalized spacial score (nSPS) is 14.0. The first kappa shape index (κ1) is 14.1. The maximum absolute atomic E-state index is 11.9. The van der Waals surface area contributed by atoms with Gasteiger partial charge in [0, 0.05) is 22.2 Å². The number of hydrogen-bond acceptors (Lipinski definition) is 5. The number of nitrogens with one attached hydrogen (secondary N) is 2. The molecule has 1 aliphatic carbocycles. The van der Waals surface area contributed by atoms with E-state index in [2.05, 4.69) is 33.6 Å². The van der Waals surface area contributed by atoms with Gasteiger partial charge in [-0.25, -0.2) is 9.97 Å². The standard InChI is InChI=1S/C17H16N4OS/c1-10-7-14-15(18-9-19-17(14)23-10)20-12-3-2-4-13(8-12)21-16(22)11-5-6-11/h2-4,7-9,11H,5-6H2,1H3,(H,21,22)(H,18,19,20). The zero-order valence-electron chi connectivity index (χ0n) is 12.7. The topological polar surface area (TPSA) is 66.9 Å². The van der Waals surface area contributed by atoms with Crippen molar-refractivity contribution in [1.29, 1.82) is 0 Å². The van der Waals surface area contributed by atoms with Crippen LogP contribution in [-0.2, 0) is 4.79 Å². The minimum Gasteiger partial charge on any atom is -0.340 e. The molecule has 1 amide bonds. The van der Waals surface area contributed by atoms with Crippen molar-refractivity contribution in [2.75, 3.05) is 10.6 Å². The molecule has 1 fully saturated rings. The van der Waals surface area contributed by atoms with Crippen LogP contribution in [-0.4, -0.2) is 15.9 Å². The molecular weight excluding hydrogens is 308 g/mol. The molecule has 1 aromatic carbocycles. The maximum atomic E-state index is 11.9. The summed E-state index contributed by atoms with van der Waals surface area (Å²) in [7, 11) is 0. The van der Waals surface area contributed by atoms with Gasteiger partial charge in [-0.05, 0) is 44.0 Å². The molecule has 116 valence electrons. The number of anilines is 3. The van der Waals surface area contributed by atoms with E-state index in [-0.39, 0.29) is 11.8 Å². The minimum atomic E-state index is 0.111. The summed E-state index contributed by atoms with van der Waals surface area (Å²) in [6.45, 7) is 2.06. The number of carbonyl (C=O) groups excluding carboxylic acids is 1. The van der Waals surface area contributed by atoms with Crippen molar-refractivity contribution < 1.29 is 4.79 Å². The number of thiophene rings is 1. The predicted molar refractivity (Wildman–Crippen MR) is 93.2 cm³/mol. The molecule has 2 aromatic heterocycles. The van der Waals surface area contributed by atoms with Crippen molar-refractivity contribution >= 4 is 44.7 Å². The van der Waals surface area contributed by atoms with E-state index in [1.165, 1.54) is 4.88 Å². The molecule has 0 unspecified atom stereocenters. The second-order valence-electron chi connectivity index (χ2n) is 5.77. The Bertz CT molecular complexity index is 885. The quantitative estimate of drug-likeness (QED) is 0.758. The highest BCUT2D eigenvalue weighted by Crippen LogP contribution is 2.32. The SMILES string of the molecule is Cc1cc2c(Nc3cccc(NC(=O)C4CC4)c3)ncnc2s1. The molecule has 3 aromatic rings. The van der Waals surface area contributed by atoms with Crippen molar-refractivity contribution in [2.24, 2.45) is 5.92 Å². The number of aromatic nitrogens is 2. The lowest BCUT2D eigenvalue weighted by Gasteiger charge is -2.09. The zero-order chi connectivity index (χ0) is 15.8. The molecule has 0 aliphatic heterocycles. The predicted octanol–water partition coefficient (Wildman–Crippen LogP) is 4.09. The number of carbonyl (C=O) groups is 1. The number of aryl methyl sites for hydroxylation is 1. The van der Waals surface area contributed by atoms with Crippen molar-refractivity contribution in [3.05, 3.63) is 41.5 Å². The van der Waals surface area contributed by atoms with Crippen molar-refractivity contribution in [3.8, 4) is 0 Å². The van der Waals surface area contributed by atoms with Gasteiger partial charge in [-0.2, -0.15) is 0 Å². The summed E-state index contributed by atoms with van der Waals surface area (Å²) in [4.78, 5) is 22.7. The summed E-state index contributed by atoms with van der Waals surface area (Å²) in [5.41, 5.74) is 1.70. The van der Waals surface area contributed by atoms with Gasteiger partial charge in [-0.1, -0.05) is 6.07 Å². The number of amides is 1. The van der Waals surface area contributed by atoms with Crippen LogP contribution >= 0.6 is 11.3 Å². The molecule has 4 rings (SSSR count). The van der Waals surface area contributed by atoms with Crippen LogP contribution in [0, 0.1) is 12.8 Å². The van der Waals surface area contributed by atoms with E-state index in [1.807, 2.05) is 24.3 Å². The highest BCUT2D eigenvalue weighted by Gasteiger charge is 2.29. The Morgan fingerprint density at radius 3 is 2.87 bits per heavy atom. The number of fused-ring (bicyclic) bond motifs is 1. The first-order valence-electron chi connectivity index (χ1n) is 7.58. The van der Waals surface area contributed by atoms with Crippen molar-refractivity contribution in [1.82, 2.24) is 9.97 Å². The molecule has 23 heavy (non-hydrogen) atoms. The lowest BCUT2D eigenvalue weighted by molar-refractivity contribution is -0.117. The summed E-state index contributed by atoms with van der Waals surface area (Å²) in [5, 5.41) is 7.30. The molecule has 0 spiro atoms. The highest BCUT2D eigenvalue weighted by molar-refractivity contribution is 7.18. The number of rotatable bonds is 4. The monoisotopic (exact) mass is 324 g/mol. The van der Waals surface area contributed by atoms with E-state index in [4.69, 9.17) is 0 Å². The van der Waals surface area contributed by atoms with E-state index < -0.39 is 0 Å². The lowest BCUT2D eigenvalue weighted by Crippen LogP contribution is -2.13. The molecular formula is C17H16N4OS. The van der Waals surface area contributed by atoms with Gasteiger partial charge in [0.15, 0.2) is 0 Å². The third kappa shape index (κ3) is 3.03.